The van der Waals surface area contributed by atoms with E-state index < -0.39 is 0 Å². The van der Waals surface area contributed by atoms with Crippen molar-refractivity contribution in [3.8, 4) is 0 Å². The Labute approximate surface area is 136 Å². The fourth-order valence-corrected chi connectivity index (χ4v) is 2.65. The largest absolute Gasteiger partial charge is 0.368 e. The Morgan fingerprint density at radius 3 is 2.41 bits per heavy atom. The lowest BCUT2D eigenvalue weighted by atomic mass is 9.75. The van der Waals surface area contributed by atoms with E-state index in [-0.39, 0.29) is 5.41 Å². The molecule has 0 fully saturated rings. The van der Waals surface area contributed by atoms with Gasteiger partial charge in [-0.1, -0.05) is 75.4 Å². The van der Waals surface area contributed by atoms with E-state index >= 15 is 0 Å². The zero-order valence-corrected chi connectivity index (χ0v) is 14.7. The minimum Gasteiger partial charge on any atom is -0.368 e. The van der Waals surface area contributed by atoms with Gasteiger partial charge in [-0.2, -0.15) is 0 Å². The Hall–Kier alpha value is -1.76. The van der Waals surface area contributed by atoms with E-state index in [2.05, 4.69) is 82.7 Å². The van der Waals surface area contributed by atoms with Crippen molar-refractivity contribution in [2.75, 3.05) is 0 Å². The molecule has 1 heteroatoms. The first-order valence-corrected chi connectivity index (χ1v) is 8.13. The normalized spacial score (nSPS) is 13.5. The minimum atomic E-state index is 0.126. The first-order chi connectivity index (χ1) is 10.4. The van der Waals surface area contributed by atoms with E-state index in [0.29, 0.717) is 5.92 Å². The van der Waals surface area contributed by atoms with Crippen LogP contribution in [0.1, 0.15) is 46.1 Å². The summed E-state index contributed by atoms with van der Waals surface area (Å²) >= 11 is 0. The van der Waals surface area contributed by atoms with E-state index in [1.807, 2.05) is 0 Å². The van der Waals surface area contributed by atoms with Gasteiger partial charge in [-0.15, -0.1) is 0 Å². The number of rotatable bonds is 8. The first kappa shape index (κ1) is 18.3. The van der Waals surface area contributed by atoms with Crippen molar-refractivity contribution in [1.82, 2.24) is 5.32 Å². The van der Waals surface area contributed by atoms with Crippen molar-refractivity contribution in [3.05, 3.63) is 72.6 Å². The van der Waals surface area contributed by atoms with E-state index in [4.69, 9.17) is 0 Å². The van der Waals surface area contributed by atoms with Gasteiger partial charge in [-0.3, -0.25) is 0 Å². The maximum atomic E-state index is 4.39. The summed E-state index contributed by atoms with van der Waals surface area (Å²) in [6, 6.07) is 10.7. The summed E-state index contributed by atoms with van der Waals surface area (Å²) in [6.07, 6.45) is 7.19. The fraction of sp³-hybridized carbons (Fsp3) is 0.429. The molecule has 1 N–H and O–H groups in total. The van der Waals surface area contributed by atoms with E-state index in [9.17, 15) is 0 Å². The van der Waals surface area contributed by atoms with Gasteiger partial charge in [0, 0.05) is 5.92 Å². The van der Waals surface area contributed by atoms with Gasteiger partial charge in [0.2, 0.25) is 0 Å². The van der Waals surface area contributed by atoms with E-state index in [0.717, 1.165) is 12.8 Å². The lowest BCUT2D eigenvalue weighted by molar-refractivity contribution is 0.428. The van der Waals surface area contributed by atoms with Gasteiger partial charge in [-0.05, 0) is 49.6 Å². The Balaban J connectivity index is 2.73. The van der Waals surface area contributed by atoms with Crippen molar-refractivity contribution in [2.24, 2.45) is 11.3 Å². The maximum Gasteiger partial charge on any atom is 0.00242 e. The zero-order valence-electron chi connectivity index (χ0n) is 14.7. The zero-order chi connectivity index (χ0) is 16.6. The number of benzene rings is 1. The summed E-state index contributed by atoms with van der Waals surface area (Å²) in [5.74, 6) is 0.413. The number of hydrogen-bond donors (Lipinski definition) is 1. The van der Waals surface area contributed by atoms with Crippen molar-refractivity contribution in [2.45, 2.75) is 47.0 Å². The van der Waals surface area contributed by atoms with Crippen LogP contribution in [-0.2, 0) is 6.42 Å². The minimum absolute atomic E-state index is 0.126. The van der Waals surface area contributed by atoms with Crippen LogP contribution in [0.15, 0.2) is 67.0 Å². The summed E-state index contributed by atoms with van der Waals surface area (Å²) in [5.41, 5.74) is 4.17. The van der Waals surface area contributed by atoms with Gasteiger partial charge >= 0.3 is 0 Å². The third-order valence-electron chi connectivity index (χ3n) is 4.16. The highest BCUT2D eigenvalue weighted by Gasteiger charge is 2.24. The van der Waals surface area contributed by atoms with Gasteiger partial charge in [0.1, 0.15) is 0 Å². The molecular formula is C21H31N. The molecule has 1 nitrogen and oxygen atoms in total. The number of aryl methyl sites for hydroxylation is 1. The second kappa shape index (κ2) is 8.63. The summed E-state index contributed by atoms with van der Waals surface area (Å²) in [4.78, 5) is 0. The van der Waals surface area contributed by atoms with Crippen molar-refractivity contribution >= 4 is 0 Å². The van der Waals surface area contributed by atoms with Crippen LogP contribution in [0.5, 0.6) is 0 Å². The lowest BCUT2D eigenvalue weighted by Gasteiger charge is -2.30. The van der Waals surface area contributed by atoms with Crippen LogP contribution in [-0.4, -0.2) is 0 Å². The smallest absolute Gasteiger partial charge is 0.00242 e. The summed E-state index contributed by atoms with van der Waals surface area (Å²) < 4.78 is 0. The number of allylic oxidation sites excluding steroid dienone is 2. The van der Waals surface area contributed by atoms with Crippen LogP contribution in [0.3, 0.4) is 0 Å². The number of hydrogen-bond acceptors (Lipinski definition) is 1. The molecule has 1 atom stereocenters. The highest BCUT2D eigenvalue weighted by atomic mass is 14.8. The molecule has 0 aliphatic heterocycles. The van der Waals surface area contributed by atoms with Gasteiger partial charge < -0.3 is 5.32 Å². The highest BCUT2D eigenvalue weighted by molar-refractivity contribution is 5.22. The summed E-state index contributed by atoms with van der Waals surface area (Å²) in [7, 11) is 0. The van der Waals surface area contributed by atoms with Gasteiger partial charge in [0.25, 0.3) is 0 Å². The molecule has 0 saturated carbocycles. The molecule has 0 heterocycles. The average Bonchev–Trinajstić information content (AvgIpc) is 2.48. The molecule has 1 aromatic carbocycles. The number of nitrogens with one attached hydrogen (secondary N) is 1. The van der Waals surface area contributed by atoms with Gasteiger partial charge in [0.15, 0.2) is 0 Å². The van der Waals surface area contributed by atoms with Crippen molar-refractivity contribution in [1.29, 1.82) is 0 Å². The molecule has 22 heavy (non-hydrogen) atoms. The third kappa shape index (κ3) is 5.93. The molecule has 1 unspecified atom stereocenters. The quantitative estimate of drug-likeness (QED) is 0.592. The average molecular weight is 297 g/mol. The molecule has 1 rings (SSSR count). The second-order valence-electron chi connectivity index (χ2n) is 6.96. The molecule has 0 amide bonds. The predicted octanol–water partition coefficient (Wildman–Crippen LogP) is 5.86. The summed E-state index contributed by atoms with van der Waals surface area (Å²) in [6.45, 7) is 17.0. The molecule has 0 aliphatic rings. The van der Waals surface area contributed by atoms with Crippen LogP contribution in [0.25, 0.3) is 0 Å². The highest BCUT2D eigenvalue weighted by Crippen LogP contribution is 2.36. The third-order valence-corrected chi connectivity index (χ3v) is 4.16. The monoisotopic (exact) mass is 297 g/mol. The summed E-state index contributed by atoms with van der Waals surface area (Å²) in [5, 5.41) is 3.10. The van der Waals surface area contributed by atoms with Gasteiger partial charge in [-0.25, -0.2) is 0 Å². The lowest BCUT2D eigenvalue weighted by Crippen LogP contribution is -2.19. The molecule has 0 bridgehead atoms. The van der Waals surface area contributed by atoms with Crippen LogP contribution in [0.4, 0.5) is 0 Å². The first-order valence-electron chi connectivity index (χ1n) is 8.13. The van der Waals surface area contributed by atoms with Gasteiger partial charge in [0.05, 0.1) is 0 Å². The van der Waals surface area contributed by atoms with Crippen LogP contribution in [0.2, 0.25) is 0 Å². The Kier molecular flexibility index (Phi) is 7.17. The van der Waals surface area contributed by atoms with Crippen molar-refractivity contribution < 1.29 is 0 Å². The topological polar surface area (TPSA) is 12.0 Å². The molecule has 0 aromatic heterocycles. The van der Waals surface area contributed by atoms with E-state index in [1.165, 1.54) is 23.1 Å². The van der Waals surface area contributed by atoms with Crippen molar-refractivity contribution in [3.63, 3.8) is 0 Å². The molecule has 0 spiro atoms. The molecule has 1 aromatic rings. The molecule has 0 saturated heterocycles. The fourth-order valence-electron chi connectivity index (χ4n) is 2.65. The van der Waals surface area contributed by atoms with E-state index in [1.54, 1.807) is 6.20 Å². The SMILES string of the molecule is C=CN/C=C(\C)C(CCCc1ccccc1)C(=C)C(C)(C)C. The Bertz CT molecular complexity index is 502. The Morgan fingerprint density at radius 1 is 1.23 bits per heavy atom. The maximum absolute atomic E-state index is 4.39. The molecule has 0 aliphatic carbocycles. The van der Waals surface area contributed by atoms with Crippen LogP contribution < -0.4 is 5.32 Å². The molecule has 0 radical (unpaired) electrons. The second-order valence-corrected chi connectivity index (χ2v) is 6.96. The molecule has 120 valence electrons. The Morgan fingerprint density at radius 2 is 1.86 bits per heavy atom. The standard InChI is InChI=1S/C21H31N/c1-7-22-16-17(2)20(18(3)21(4,5)6)15-11-14-19-12-9-8-10-13-19/h7-10,12-13,16,20,22H,1,3,11,14-15H2,2,4-6H3/b17-16+. The van der Waals surface area contributed by atoms with Crippen LogP contribution >= 0.6 is 0 Å². The van der Waals surface area contributed by atoms with Crippen LogP contribution in [0, 0.1) is 11.3 Å². The predicted molar refractivity (Wildman–Crippen MR) is 98.6 cm³/mol. The molecular weight excluding hydrogens is 266 g/mol.